The lowest BCUT2D eigenvalue weighted by atomic mass is 10.2. The van der Waals surface area contributed by atoms with Crippen LogP contribution in [0.3, 0.4) is 0 Å². The molecular formula is C22H25BrN6O4S. The topological polar surface area (TPSA) is 123 Å². The van der Waals surface area contributed by atoms with E-state index >= 15 is 0 Å². The Balaban J connectivity index is 1.65. The van der Waals surface area contributed by atoms with Crippen LogP contribution in [0.25, 0.3) is 0 Å². The zero-order valence-electron chi connectivity index (χ0n) is 18.5. The van der Waals surface area contributed by atoms with Crippen LogP contribution in [0.5, 0.6) is 0 Å². The number of anilines is 3. The van der Waals surface area contributed by atoms with Gasteiger partial charge in [-0.3, -0.25) is 0 Å². The minimum Gasteiger partial charge on any atom is -0.365 e. The first-order chi connectivity index (χ1) is 16.4. The Morgan fingerprint density at radius 2 is 1.97 bits per heavy atom. The molecule has 1 atom stereocenters. The van der Waals surface area contributed by atoms with Crippen molar-refractivity contribution in [3.05, 3.63) is 70.8 Å². The molecule has 1 aromatic heterocycles. The molecule has 0 aliphatic carbocycles. The molecule has 10 nitrogen and oxygen atoms in total. The van der Waals surface area contributed by atoms with E-state index in [1.165, 1.54) is 6.07 Å². The average Bonchev–Trinajstić information content (AvgIpc) is 2.85. The molecule has 180 valence electrons. The molecular weight excluding hydrogens is 524 g/mol. The highest BCUT2D eigenvalue weighted by Gasteiger charge is 2.28. The Morgan fingerprint density at radius 3 is 2.71 bits per heavy atom. The summed E-state index contributed by atoms with van der Waals surface area (Å²) in [5.41, 5.74) is 1.42. The first-order valence-corrected chi connectivity index (χ1v) is 12.8. The summed E-state index contributed by atoms with van der Waals surface area (Å²) in [5.74, 6) is 0.945. The van der Waals surface area contributed by atoms with Gasteiger partial charge in [0.1, 0.15) is 5.82 Å². The summed E-state index contributed by atoms with van der Waals surface area (Å²) in [4.78, 5) is 9.34. The molecule has 0 spiro atoms. The predicted octanol–water partition coefficient (Wildman–Crippen LogP) is 2.86. The van der Waals surface area contributed by atoms with Gasteiger partial charge in [-0.15, -0.1) is 0 Å². The molecule has 2 heterocycles. The highest BCUT2D eigenvalue weighted by Crippen LogP contribution is 2.29. The predicted molar refractivity (Wildman–Crippen MR) is 132 cm³/mol. The van der Waals surface area contributed by atoms with Crippen LogP contribution in [0.1, 0.15) is 5.56 Å². The Hall–Kier alpha value is -2.61. The molecule has 1 unspecified atom stereocenters. The quantitative estimate of drug-likeness (QED) is 0.437. The van der Waals surface area contributed by atoms with Gasteiger partial charge >= 0.3 is 0 Å². The van der Waals surface area contributed by atoms with Crippen molar-refractivity contribution in [1.82, 2.24) is 15.0 Å². The SMILES string of the molecule is COC1CN(N(c2ccccc2)c2ncc(Br)c(NCc3ccccc3S(N)(=O)=O)n2)CCO1. The van der Waals surface area contributed by atoms with Gasteiger partial charge in [0.15, 0.2) is 6.29 Å². The second-order valence-corrected chi connectivity index (χ2v) is 9.85. The molecule has 4 rings (SSSR count). The number of nitrogens with two attached hydrogens (primary N) is 1. The van der Waals surface area contributed by atoms with Crippen molar-refractivity contribution in [1.29, 1.82) is 0 Å². The van der Waals surface area contributed by atoms with Gasteiger partial charge in [0.2, 0.25) is 16.0 Å². The van der Waals surface area contributed by atoms with Gasteiger partial charge < -0.3 is 14.8 Å². The highest BCUT2D eigenvalue weighted by atomic mass is 79.9. The van der Waals surface area contributed by atoms with E-state index in [0.29, 0.717) is 41.5 Å². The van der Waals surface area contributed by atoms with Crippen LogP contribution in [0, 0.1) is 0 Å². The Kier molecular flexibility index (Phi) is 7.76. The van der Waals surface area contributed by atoms with Crippen molar-refractivity contribution in [2.75, 3.05) is 37.1 Å². The first-order valence-electron chi connectivity index (χ1n) is 10.5. The Bertz CT molecular complexity index is 1230. The van der Waals surface area contributed by atoms with E-state index in [9.17, 15) is 8.42 Å². The van der Waals surface area contributed by atoms with E-state index in [0.717, 1.165) is 5.69 Å². The third-order valence-corrected chi connectivity index (χ3v) is 6.80. The number of hydrogen-bond acceptors (Lipinski definition) is 9. The van der Waals surface area contributed by atoms with E-state index in [4.69, 9.17) is 19.6 Å². The molecule has 12 heteroatoms. The average molecular weight is 549 g/mol. The van der Waals surface area contributed by atoms with Crippen molar-refractivity contribution < 1.29 is 17.9 Å². The minimum atomic E-state index is -3.85. The molecule has 0 radical (unpaired) electrons. The molecule has 0 bridgehead atoms. The van der Waals surface area contributed by atoms with Crippen LogP contribution >= 0.6 is 15.9 Å². The summed E-state index contributed by atoms with van der Waals surface area (Å²) >= 11 is 3.48. The van der Waals surface area contributed by atoms with E-state index in [1.807, 2.05) is 35.3 Å². The number of hydrazine groups is 1. The fraction of sp³-hybridized carbons (Fsp3) is 0.273. The van der Waals surface area contributed by atoms with Crippen LogP contribution in [-0.4, -0.2) is 56.5 Å². The van der Waals surface area contributed by atoms with Gasteiger partial charge in [-0.1, -0.05) is 36.4 Å². The summed E-state index contributed by atoms with van der Waals surface area (Å²) in [6.45, 7) is 1.82. The Morgan fingerprint density at radius 1 is 1.24 bits per heavy atom. The maximum atomic E-state index is 11.9. The summed E-state index contributed by atoms with van der Waals surface area (Å²) < 4.78 is 35.6. The first kappa shape index (κ1) is 24.5. The number of benzene rings is 2. The smallest absolute Gasteiger partial charge is 0.247 e. The standard InChI is InChI=1S/C22H25BrN6O4S/c1-32-20-15-28(11-12-33-20)29(17-8-3-2-4-9-17)22-26-14-18(23)21(27-22)25-13-16-7-5-6-10-19(16)34(24,30)31/h2-10,14,20H,11-13,15H2,1H3,(H2,24,30,31)(H,25,26,27). The lowest BCUT2D eigenvalue weighted by Gasteiger charge is -2.39. The molecule has 34 heavy (non-hydrogen) atoms. The number of aromatic nitrogens is 2. The molecule has 3 aromatic rings. The number of nitrogens with one attached hydrogen (secondary N) is 1. The minimum absolute atomic E-state index is 0.0674. The number of nitrogens with zero attached hydrogens (tertiary/aromatic N) is 4. The second kappa shape index (κ2) is 10.8. The molecule has 0 amide bonds. The lowest BCUT2D eigenvalue weighted by molar-refractivity contribution is -0.164. The molecule has 1 aliphatic heterocycles. The maximum absolute atomic E-state index is 11.9. The number of primary sulfonamides is 1. The second-order valence-electron chi connectivity index (χ2n) is 7.47. The summed E-state index contributed by atoms with van der Waals surface area (Å²) in [6.07, 6.45) is 1.28. The summed E-state index contributed by atoms with van der Waals surface area (Å²) in [7, 11) is -2.24. The lowest BCUT2D eigenvalue weighted by Crippen LogP contribution is -2.51. The molecule has 2 aromatic carbocycles. The fourth-order valence-electron chi connectivity index (χ4n) is 3.59. The normalized spacial score (nSPS) is 16.9. The van der Waals surface area contributed by atoms with Gasteiger partial charge in [-0.25, -0.2) is 28.6 Å². The van der Waals surface area contributed by atoms with Crippen LogP contribution in [0.2, 0.25) is 0 Å². The number of rotatable bonds is 8. The van der Waals surface area contributed by atoms with Gasteiger partial charge in [0, 0.05) is 26.4 Å². The number of halogens is 1. The zero-order valence-corrected chi connectivity index (χ0v) is 20.9. The van der Waals surface area contributed by atoms with E-state index < -0.39 is 10.0 Å². The van der Waals surface area contributed by atoms with Crippen molar-refractivity contribution in [2.45, 2.75) is 17.7 Å². The van der Waals surface area contributed by atoms with Crippen molar-refractivity contribution in [3.8, 4) is 0 Å². The monoisotopic (exact) mass is 548 g/mol. The zero-order chi connectivity index (χ0) is 24.1. The molecule has 0 saturated carbocycles. The molecule has 1 fully saturated rings. The Labute approximate surface area is 206 Å². The number of sulfonamides is 1. The fourth-order valence-corrected chi connectivity index (χ4v) is 4.70. The van der Waals surface area contributed by atoms with Gasteiger partial charge in [-0.2, -0.15) is 4.98 Å². The van der Waals surface area contributed by atoms with E-state index in [2.05, 4.69) is 31.2 Å². The number of hydrogen-bond donors (Lipinski definition) is 2. The maximum Gasteiger partial charge on any atom is 0.247 e. The summed E-state index contributed by atoms with van der Waals surface area (Å²) in [5, 5.41) is 12.6. The number of methoxy groups -OCH3 is 1. The summed E-state index contributed by atoms with van der Waals surface area (Å²) in [6, 6.07) is 16.3. The van der Waals surface area contributed by atoms with E-state index in [-0.39, 0.29) is 17.7 Å². The highest BCUT2D eigenvalue weighted by molar-refractivity contribution is 9.10. The third-order valence-electron chi connectivity index (χ3n) is 5.21. The number of ether oxygens (including phenoxy) is 2. The largest absolute Gasteiger partial charge is 0.365 e. The number of morpholine rings is 1. The van der Waals surface area contributed by atoms with Crippen molar-refractivity contribution in [2.24, 2.45) is 5.14 Å². The van der Waals surface area contributed by atoms with Gasteiger partial charge in [-0.05, 0) is 39.7 Å². The molecule has 3 N–H and O–H groups in total. The van der Waals surface area contributed by atoms with Gasteiger partial charge in [0.25, 0.3) is 0 Å². The molecule has 1 aliphatic rings. The number of para-hydroxylation sites is 1. The van der Waals surface area contributed by atoms with Crippen LogP contribution in [0.4, 0.5) is 17.5 Å². The van der Waals surface area contributed by atoms with Crippen LogP contribution in [-0.2, 0) is 26.0 Å². The third kappa shape index (κ3) is 5.71. The van der Waals surface area contributed by atoms with Crippen molar-refractivity contribution in [3.63, 3.8) is 0 Å². The molecule has 1 saturated heterocycles. The van der Waals surface area contributed by atoms with Gasteiger partial charge in [0.05, 0.1) is 28.2 Å². The van der Waals surface area contributed by atoms with Crippen LogP contribution in [0.15, 0.2) is 70.2 Å². The van der Waals surface area contributed by atoms with Crippen molar-refractivity contribution >= 4 is 43.4 Å². The van der Waals surface area contributed by atoms with E-state index in [1.54, 1.807) is 31.5 Å². The van der Waals surface area contributed by atoms with Crippen LogP contribution < -0.4 is 15.5 Å².